The summed E-state index contributed by atoms with van der Waals surface area (Å²) in [7, 11) is -3.53. The number of benzene rings is 1. The zero-order chi connectivity index (χ0) is 14.8. The van der Waals surface area contributed by atoms with Crippen LogP contribution in [0.4, 0.5) is 0 Å². The van der Waals surface area contributed by atoms with Gasteiger partial charge in [0, 0.05) is 16.5 Å². The molecule has 1 aromatic carbocycles. The third kappa shape index (κ3) is 4.25. The molecule has 0 unspecified atom stereocenters. The van der Waals surface area contributed by atoms with Gasteiger partial charge in [-0.3, -0.25) is 0 Å². The second kappa shape index (κ2) is 6.10. The van der Waals surface area contributed by atoms with E-state index in [4.69, 9.17) is 33.1 Å². The maximum absolute atomic E-state index is 11.4. The minimum absolute atomic E-state index is 0.0574. The minimum Gasteiger partial charge on any atom is -0.491 e. The molecule has 0 radical (unpaired) electrons. The number of nitrogens with two attached hydrogens (primary N) is 1. The zero-order valence-corrected chi connectivity index (χ0v) is 13.3. The van der Waals surface area contributed by atoms with Gasteiger partial charge in [0.1, 0.15) is 5.75 Å². The van der Waals surface area contributed by atoms with Crippen molar-refractivity contribution in [3.8, 4) is 5.75 Å². The van der Waals surface area contributed by atoms with Crippen molar-refractivity contribution in [2.45, 2.75) is 25.7 Å². The molecular weight excluding hydrogens is 321 g/mol. The van der Waals surface area contributed by atoms with Gasteiger partial charge in [0.05, 0.1) is 17.4 Å². The Labute approximate surface area is 129 Å². The van der Waals surface area contributed by atoms with Crippen molar-refractivity contribution < 1.29 is 13.2 Å². The monoisotopic (exact) mass is 337 g/mol. The summed E-state index contributed by atoms with van der Waals surface area (Å²) in [4.78, 5) is 0. The summed E-state index contributed by atoms with van der Waals surface area (Å²) in [6, 6.07) is 4.95. The van der Waals surface area contributed by atoms with Gasteiger partial charge in [-0.05, 0) is 25.0 Å². The molecule has 112 valence electrons. The van der Waals surface area contributed by atoms with Crippen molar-refractivity contribution >= 4 is 33.2 Å². The molecule has 0 aliphatic heterocycles. The Morgan fingerprint density at radius 2 is 1.90 bits per heavy atom. The molecule has 1 aliphatic carbocycles. The zero-order valence-electron chi connectivity index (χ0n) is 10.9. The van der Waals surface area contributed by atoms with E-state index < -0.39 is 15.4 Å². The van der Waals surface area contributed by atoms with Crippen molar-refractivity contribution in [3.05, 3.63) is 28.2 Å². The summed E-state index contributed by atoms with van der Waals surface area (Å²) in [6.45, 7) is 0.281. The summed E-state index contributed by atoms with van der Waals surface area (Å²) in [5.41, 5.74) is -0.417. The van der Waals surface area contributed by atoms with Crippen LogP contribution in [0, 0.1) is 5.41 Å². The minimum atomic E-state index is -3.53. The van der Waals surface area contributed by atoms with E-state index in [2.05, 4.69) is 0 Å². The molecule has 4 nitrogen and oxygen atoms in total. The predicted molar refractivity (Wildman–Crippen MR) is 80.8 cm³/mol. The number of halogens is 2. The molecule has 1 aromatic rings. The SMILES string of the molecule is NS(=O)(=O)CC1(COc2cc(Cl)ccc2Cl)CCCC1. The van der Waals surface area contributed by atoms with Crippen LogP contribution in [0.15, 0.2) is 18.2 Å². The molecule has 1 fully saturated rings. The average molecular weight is 338 g/mol. The Hall–Kier alpha value is -0.490. The van der Waals surface area contributed by atoms with Crippen LogP contribution in [-0.4, -0.2) is 20.8 Å². The van der Waals surface area contributed by atoms with E-state index in [1.54, 1.807) is 18.2 Å². The lowest BCUT2D eigenvalue weighted by atomic mass is 9.90. The molecule has 0 bridgehead atoms. The lowest BCUT2D eigenvalue weighted by Crippen LogP contribution is -2.36. The highest BCUT2D eigenvalue weighted by atomic mass is 35.5. The molecule has 7 heteroatoms. The van der Waals surface area contributed by atoms with Gasteiger partial charge in [-0.2, -0.15) is 0 Å². The van der Waals surface area contributed by atoms with Gasteiger partial charge in [0.25, 0.3) is 0 Å². The third-order valence-corrected chi connectivity index (χ3v) is 5.16. The molecule has 0 saturated heterocycles. The first kappa shape index (κ1) is 15.9. The lowest BCUT2D eigenvalue weighted by Gasteiger charge is -2.28. The van der Waals surface area contributed by atoms with Gasteiger partial charge in [-0.1, -0.05) is 36.0 Å². The van der Waals surface area contributed by atoms with Crippen LogP contribution in [0.2, 0.25) is 10.0 Å². The Balaban J connectivity index is 2.11. The van der Waals surface area contributed by atoms with E-state index >= 15 is 0 Å². The van der Waals surface area contributed by atoms with E-state index in [9.17, 15) is 8.42 Å². The first-order valence-electron chi connectivity index (χ1n) is 6.38. The van der Waals surface area contributed by atoms with Crippen molar-refractivity contribution in [2.24, 2.45) is 10.6 Å². The molecule has 2 N–H and O–H groups in total. The summed E-state index contributed by atoms with van der Waals surface area (Å²) in [6.07, 6.45) is 3.56. The first-order chi connectivity index (χ1) is 9.30. The van der Waals surface area contributed by atoms with Crippen LogP contribution >= 0.6 is 23.2 Å². The topological polar surface area (TPSA) is 69.4 Å². The van der Waals surface area contributed by atoms with Crippen molar-refractivity contribution in [1.29, 1.82) is 0 Å². The van der Waals surface area contributed by atoms with E-state index in [1.807, 2.05) is 0 Å². The number of sulfonamides is 1. The van der Waals surface area contributed by atoms with Crippen LogP contribution in [0.3, 0.4) is 0 Å². The standard InChI is InChI=1S/C13H17Cl2NO3S/c14-10-3-4-11(15)12(7-10)19-8-13(5-1-2-6-13)9-20(16,17)18/h3-4,7H,1-2,5-6,8-9H2,(H2,16,17,18). The summed E-state index contributed by atoms with van der Waals surface area (Å²) < 4.78 is 28.5. The van der Waals surface area contributed by atoms with Crippen LogP contribution in [0.25, 0.3) is 0 Å². The molecule has 1 saturated carbocycles. The molecule has 0 spiro atoms. The smallest absolute Gasteiger partial charge is 0.209 e. The van der Waals surface area contributed by atoms with Gasteiger partial charge >= 0.3 is 0 Å². The molecule has 0 aromatic heterocycles. The van der Waals surface area contributed by atoms with Gasteiger partial charge in [0.2, 0.25) is 10.0 Å². The molecular formula is C13H17Cl2NO3S. The Kier molecular flexibility index (Phi) is 4.84. The lowest BCUT2D eigenvalue weighted by molar-refractivity contribution is 0.170. The van der Waals surface area contributed by atoms with E-state index in [0.29, 0.717) is 15.8 Å². The molecule has 20 heavy (non-hydrogen) atoms. The molecule has 0 atom stereocenters. The normalized spacial score (nSPS) is 18.1. The van der Waals surface area contributed by atoms with E-state index in [1.165, 1.54) is 0 Å². The van der Waals surface area contributed by atoms with Crippen molar-refractivity contribution in [3.63, 3.8) is 0 Å². The highest BCUT2D eigenvalue weighted by Gasteiger charge is 2.38. The van der Waals surface area contributed by atoms with Crippen LogP contribution in [0.5, 0.6) is 5.75 Å². The number of primary sulfonamides is 1. The maximum atomic E-state index is 11.4. The van der Waals surface area contributed by atoms with Gasteiger partial charge < -0.3 is 4.74 Å². The largest absolute Gasteiger partial charge is 0.491 e. The Bertz CT molecular complexity index is 583. The van der Waals surface area contributed by atoms with Gasteiger partial charge in [-0.25, -0.2) is 13.6 Å². The maximum Gasteiger partial charge on any atom is 0.209 e. The average Bonchev–Trinajstić information content (AvgIpc) is 2.77. The number of rotatable bonds is 5. The fourth-order valence-corrected chi connectivity index (χ4v) is 4.26. The predicted octanol–water partition coefficient (Wildman–Crippen LogP) is 3.22. The second-order valence-electron chi connectivity index (χ2n) is 5.38. The summed E-state index contributed by atoms with van der Waals surface area (Å²) >= 11 is 11.9. The number of ether oxygens (including phenoxy) is 1. The fourth-order valence-electron chi connectivity index (χ4n) is 2.70. The Morgan fingerprint density at radius 1 is 1.25 bits per heavy atom. The summed E-state index contributed by atoms with van der Waals surface area (Å²) in [5, 5.41) is 6.17. The Morgan fingerprint density at radius 3 is 2.50 bits per heavy atom. The molecule has 0 amide bonds. The molecule has 2 rings (SSSR count). The summed E-state index contributed by atoms with van der Waals surface area (Å²) in [5.74, 6) is 0.415. The fraction of sp³-hybridized carbons (Fsp3) is 0.538. The highest BCUT2D eigenvalue weighted by molar-refractivity contribution is 7.89. The molecule has 0 heterocycles. The van der Waals surface area contributed by atoms with Crippen molar-refractivity contribution in [2.75, 3.05) is 12.4 Å². The quantitative estimate of drug-likeness (QED) is 0.896. The van der Waals surface area contributed by atoms with Crippen LogP contribution < -0.4 is 9.88 Å². The van der Waals surface area contributed by atoms with E-state index in [0.717, 1.165) is 25.7 Å². The highest BCUT2D eigenvalue weighted by Crippen LogP contribution is 2.40. The molecule has 1 aliphatic rings. The third-order valence-electron chi connectivity index (χ3n) is 3.60. The van der Waals surface area contributed by atoms with Gasteiger partial charge in [0.15, 0.2) is 0 Å². The number of hydrogen-bond donors (Lipinski definition) is 1. The van der Waals surface area contributed by atoms with Gasteiger partial charge in [-0.15, -0.1) is 0 Å². The van der Waals surface area contributed by atoms with E-state index in [-0.39, 0.29) is 12.4 Å². The first-order valence-corrected chi connectivity index (χ1v) is 8.85. The number of hydrogen-bond acceptors (Lipinski definition) is 3. The van der Waals surface area contributed by atoms with Crippen LogP contribution in [0.1, 0.15) is 25.7 Å². The second-order valence-corrected chi connectivity index (χ2v) is 7.84. The van der Waals surface area contributed by atoms with Crippen molar-refractivity contribution in [1.82, 2.24) is 0 Å². The van der Waals surface area contributed by atoms with Crippen LogP contribution in [-0.2, 0) is 10.0 Å².